The van der Waals surface area contributed by atoms with Crippen molar-refractivity contribution in [1.29, 1.82) is 0 Å². The third-order valence-corrected chi connectivity index (χ3v) is 6.35. The summed E-state index contributed by atoms with van der Waals surface area (Å²) in [6.45, 7) is 3.47. The first kappa shape index (κ1) is 20.5. The molecular weight excluding hydrogens is 398 g/mol. The first-order valence-electron chi connectivity index (χ1n) is 11.1. The minimum absolute atomic E-state index is 0.168. The molecule has 3 aromatic carbocycles. The van der Waals surface area contributed by atoms with E-state index < -0.39 is 5.60 Å². The lowest BCUT2D eigenvalue weighted by Gasteiger charge is -2.39. The van der Waals surface area contributed by atoms with E-state index in [0.29, 0.717) is 43.7 Å². The van der Waals surface area contributed by atoms with E-state index in [2.05, 4.69) is 35.2 Å². The van der Waals surface area contributed by atoms with Gasteiger partial charge in [-0.3, -0.25) is 0 Å². The molecule has 0 bridgehead atoms. The van der Waals surface area contributed by atoms with Crippen molar-refractivity contribution in [3.8, 4) is 17.1 Å². The lowest BCUT2D eigenvalue weighted by molar-refractivity contribution is 0.0165. The summed E-state index contributed by atoms with van der Waals surface area (Å²) in [6, 6.07) is 23.5. The van der Waals surface area contributed by atoms with Gasteiger partial charge >= 0.3 is 0 Å². The van der Waals surface area contributed by atoms with E-state index in [0.717, 1.165) is 27.8 Å². The molecule has 1 aliphatic rings. The van der Waals surface area contributed by atoms with Gasteiger partial charge in [-0.05, 0) is 55.2 Å². The van der Waals surface area contributed by atoms with Crippen LogP contribution in [0.4, 0.5) is 5.82 Å². The monoisotopic (exact) mass is 425 g/mol. The van der Waals surface area contributed by atoms with Crippen LogP contribution in [0.25, 0.3) is 22.3 Å². The molecule has 1 aromatic heterocycles. The summed E-state index contributed by atoms with van der Waals surface area (Å²) >= 11 is 0. The van der Waals surface area contributed by atoms with Crippen LogP contribution in [0.2, 0.25) is 0 Å². The molecule has 1 fully saturated rings. The molecule has 5 nitrogen and oxygen atoms in total. The Bertz CT molecular complexity index is 1250. The highest BCUT2D eigenvalue weighted by Gasteiger charge is 2.33. The number of rotatable bonds is 4. The van der Waals surface area contributed by atoms with Crippen molar-refractivity contribution >= 4 is 16.7 Å². The molecule has 162 valence electrons. The van der Waals surface area contributed by atoms with Gasteiger partial charge in [-0.15, -0.1) is 0 Å². The number of para-hydroxylation sites is 1. The maximum absolute atomic E-state index is 11.2. The summed E-state index contributed by atoms with van der Waals surface area (Å²) in [6.07, 6.45) is 2.00. The first-order chi connectivity index (χ1) is 15.5. The molecule has 1 saturated heterocycles. The van der Waals surface area contributed by atoms with Crippen molar-refractivity contribution in [2.45, 2.75) is 31.8 Å². The van der Waals surface area contributed by atoms with Gasteiger partial charge in [0.1, 0.15) is 11.6 Å². The van der Waals surface area contributed by atoms with Crippen molar-refractivity contribution in [3.05, 3.63) is 83.9 Å². The number of phenolic OH excluding ortho intramolecular Hbond substituents is 1. The SMILES string of the molecule is Cc1ccc2c(N3CCC(O)(Cc4ccccc4)CC3)nc(-c3ccccc3O)nc2c1. The van der Waals surface area contributed by atoms with E-state index in [1.165, 1.54) is 0 Å². The third-order valence-electron chi connectivity index (χ3n) is 6.35. The van der Waals surface area contributed by atoms with Crippen LogP contribution in [0.5, 0.6) is 5.75 Å². The summed E-state index contributed by atoms with van der Waals surface area (Å²) < 4.78 is 0. The topological polar surface area (TPSA) is 69.5 Å². The van der Waals surface area contributed by atoms with Crippen LogP contribution in [0.3, 0.4) is 0 Å². The zero-order chi connectivity index (χ0) is 22.1. The molecule has 32 heavy (non-hydrogen) atoms. The second kappa shape index (κ2) is 8.24. The zero-order valence-electron chi connectivity index (χ0n) is 18.2. The van der Waals surface area contributed by atoms with Gasteiger partial charge in [-0.25, -0.2) is 9.97 Å². The summed E-state index contributed by atoms with van der Waals surface area (Å²) in [4.78, 5) is 11.9. The molecule has 0 aliphatic carbocycles. The van der Waals surface area contributed by atoms with Crippen molar-refractivity contribution in [3.63, 3.8) is 0 Å². The molecule has 0 amide bonds. The number of aryl methyl sites for hydroxylation is 1. The average Bonchev–Trinajstić information content (AvgIpc) is 2.79. The van der Waals surface area contributed by atoms with Gasteiger partial charge in [-0.2, -0.15) is 0 Å². The van der Waals surface area contributed by atoms with Crippen LogP contribution < -0.4 is 4.90 Å². The molecule has 5 heteroatoms. The van der Waals surface area contributed by atoms with Crippen LogP contribution in [-0.2, 0) is 6.42 Å². The molecule has 5 rings (SSSR count). The van der Waals surface area contributed by atoms with Gasteiger partial charge in [0.25, 0.3) is 0 Å². The highest BCUT2D eigenvalue weighted by atomic mass is 16.3. The van der Waals surface area contributed by atoms with Gasteiger partial charge in [0.15, 0.2) is 5.82 Å². The quantitative estimate of drug-likeness (QED) is 0.487. The second-order valence-corrected chi connectivity index (χ2v) is 8.78. The van der Waals surface area contributed by atoms with E-state index in [4.69, 9.17) is 9.97 Å². The Hall–Kier alpha value is -3.44. The van der Waals surface area contributed by atoms with Crippen molar-refractivity contribution < 1.29 is 10.2 Å². The average molecular weight is 426 g/mol. The van der Waals surface area contributed by atoms with Crippen molar-refractivity contribution in [2.24, 2.45) is 0 Å². The Morgan fingerprint density at radius 2 is 1.62 bits per heavy atom. The van der Waals surface area contributed by atoms with Crippen molar-refractivity contribution in [2.75, 3.05) is 18.0 Å². The highest BCUT2D eigenvalue weighted by molar-refractivity contribution is 5.92. The predicted molar refractivity (Wildman–Crippen MR) is 128 cm³/mol. The Morgan fingerprint density at radius 3 is 2.38 bits per heavy atom. The number of benzene rings is 3. The van der Waals surface area contributed by atoms with Gasteiger partial charge < -0.3 is 15.1 Å². The number of phenols is 1. The number of piperidine rings is 1. The van der Waals surface area contributed by atoms with E-state index in [-0.39, 0.29) is 5.75 Å². The molecule has 4 aromatic rings. The smallest absolute Gasteiger partial charge is 0.165 e. The van der Waals surface area contributed by atoms with E-state index in [1.54, 1.807) is 12.1 Å². The molecule has 0 saturated carbocycles. The Balaban J connectivity index is 1.48. The maximum atomic E-state index is 11.2. The minimum Gasteiger partial charge on any atom is -0.507 e. The molecule has 0 unspecified atom stereocenters. The van der Waals surface area contributed by atoms with Crippen LogP contribution >= 0.6 is 0 Å². The fourth-order valence-corrected chi connectivity index (χ4v) is 4.53. The Morgan fingerprint density at radius 1 is 0.906 bits per heavy atom. The number of hydrogen-bond donors (Lipinski definition) is 2. The highest BCUT2D eigenvalue weighted by Crippen LogP contribution is 2.35. The maximum Gasteiger partial charge on any atom is 0.165 e. The van der Waals surface area contributed by atoms with Gasteiger partial charge in [0, 0.05) is 24.9 Å². The fraction of sp³-hybridized carbons (Fsp3) is 0.259. The third kappa shape index (κ3) is 4.04. The molecule has 0 atom stereocenters. The van der Waals surface area contributed by atoms with Crippen LogP contribution in [-0.4, -0.2) is 38.9 Å². The Kier molecular flexibility index (Phi) is 5.27. The minimum atomic E-state index is -0.711. The van der Waals surface area contributed by atoms with Crippen LogP contribution in [0.15, 0.2) is 72.8 Å². The Labute approximate surface area is 188 Å². The molecule has 1 aliphatic heterocycles. The van der Waals surface area contributed by atoms with E-state index >= 15 is 0 Å². The van der Waals surface area contributed by atoms with Gasteiger partial charge in [0.2, 0.25) is 0 Å². The van der Waals surface area contributed by atoms with Crippen LogP contribution in [0, 0.1) is 6.92 Å². The summed E-state index contributed by atoms with van der Waals surface area (Å²) in [5, 5.41) is 22.6. The number of aromatic hydroxyl groups is 1. The normalized spacial score (nSPS) is 15.8. The van der Waals surface area contributed by atoms with Gasteiger partial charge in [0.05, 0.1) is 16.7 Å². The predicted octanol–water partition coefficient (Wildman–Crippen LogP) is 4.88. The number of aromatic nitrogens is 2. The molecular formula is C27H27N3O2. The van der Waals surface area contributed by atoms with E-state index in [9.17, 15) is 10.2 Å². The summed E-state index contributed by atoms with van der Waals surface area (Å²) in [7, 11) is 0. The summed E-state index contributed by atoms with van der Waals surface area (Å²) in [5.74, 6) is 1.54. The largest absolute Gasteiger partial charge is 0.507 e. The van der Waals surface area contributed by atoms with Gasteiger partial charge in [-0.1, -0.05) is 48.5 Å². The molecule has 2 N–H and O–H groups in total. The van der Waals surface area contributed by atoms with E-state index in [1.807, 2.05) is 37.3 Å². The first-order valence-corrected chi connectivity index (χ1v) is 11.1. The lowest BCUT2D eigenvalue weighted by atomic mass is 9.85. The fourth-order valence-electron chi connectivity index (χ4n) is 4.53. The molecule has 0 radical (unpaired) electrons. The summed E-state index contributed by atoms with van der Waals surface area (Å²) in [5.41, 5.74) is 3.06. The number of anilines is 1. The van der Waals surface area contributed by atoms with Crippen molar-refractivity contribution in [1.82, 2.24) is 9.97 Å². The van der Waals surface area contributed by atoms with Crippen LogP contribution in [0.1, 0.15) is 24.0 Å². The lowest BCUT2D eigenvalue weighted by Crippen LogP contribution is -2.46. The molecule has 2 heterocycles. The number of nitrogens with zero attached hydrogens (tertiary/aromatic N) is 3. The molecule has 0 spiro atoms. The zero-order valence-corrected chi connectivity index (χ0v) is 18.2. The standard InChI is InChI=1S/C27H27N3O2/c1-19-11-12-21-23(17-19)28-25(22-9-5-6-10-24(22)31)29-26(21)30-15-13-27(32,14-16-30)18-20-7-3-2-4-8-20/h2-12,17,31-32H,13-16,18H2,1H3. The number of aliphatic hydroxyl groups is 1. The second-order valence-electron chi connectivity index (χ2n) is 8.78. The number of hydrogen-bond acceptors (Lipinski definition) is 5. The number of fused-ring (bicyclic) bond motifs is 1.